The molecule has 1 fully saturated rings. The molecule has 8 nitrogen and oxygen atoms in total. The van der Waals surface area contributed by atoms with E-state index >= 15 is 0 Å². The van der Waals surface area contributed by atoms with Crippen molar-refractivity contribution in [1.82, 2.24) is 19.6 Å². The zero-order chi connectivity index (χ0) is 15.8. The van der Waals surface area contributed by atoms with E-state index in [1.807, 2.05) is 0 Å². The second-order valence-corrected chi connectivity index (χ2v) is 5.54. The number of hydrogen-bond acceptors (Lipinski definition) is 5. The van der Waals surface area contributed by atoms with Gasteiger partial charge in [-0.25, -0.2) is 9.69 Å². The molecule has 0 unspecified atom stereocenters. The first-order chi connectivity index (χ1) is 9.70. The number of aromatic nitrogens is 2. The van der Waals surface area contributed by atoms with Crippen molar-refractivity contribution in [2.75, 3.05) is 13.6 Å². The van der Waals surface area contributed by atoms with Crippen LogP contribution < -0.4 is 0 Å². The molecule has 0 atom stereocenters. The highest BCUT2D eigenvalue weighted by Crippen LogP contribution is 2.23. The second-order valence-electron chi connectivity index (χ2n) is 5.54. The Balaban J connectivity index is 1.98. The number of carbonyl (C=O) groups excluding carboxylic acids is 3. The smallest absolute Gasteiger partial charge is 0.418 e. The van der Waals surface area contributed by atoms with E-state index < -0.39 is 17.6 Å². The summed E-state index contributed by atoms with van der Waals surface area (Å²) in [5.74, 6) is -0.850. The summed E-state index contributed by atoms with van der Waals surface area (Å²) in [6, 6.07) is 0. The van der Waals surface area contributed by atoms with Gasteiger partial charge in [0.05, 0.1) is 6.20 Å². The first-order valence-electron chi connectivity index (χ1n) is 6.47. The van der Waals surface area contributed by atoms with Crippen molar-refractivity contribution in [1.29, 1.82) is 0 Å². The molecule has 1 saturated heterocycles. The Morgan fingerprint density at radius 2 is 2.10 bits per heavy atom. The summed E-state index contributed by atoms with van der Waals surface area (Å²) in [5.41, 5.74) is -0.344. The third-order valence-corrected chi connectivity index (χ3v) is 3.22. The molecule has 0 radical (unpaired) electrons. The Bertz CT molecular complexity index is 593. The van der Waals surface area contributed by atoms with Crippen LogP contribution >= 0.6 is 0 Å². The number of rotatable bonds is 4. The molecule has 0 aromatic carbocycles. The number of likely N-dealkylation sites (N-methyl/N-ethyl adjacent to an activating group) is 1. The average molecular weight is 294 g/mol. The highest BCUT2D eigenvalue weighted by molar-refractivity contribution is 6.04. The van der Waals surface area contributed by atoms with Crippen LogP contribution in [-0.2, 0) is 27.9 Å². The highest BCUT2D eigenvalue weighted by Gasteiger charge is 2.47. The predicted molar refractivity (Wildman–Crippen MR) is 72.0 cm³/mol. The van der Waals surface area contributed by atoms with Crippen molar-refractivity contribution in [3.8, 4) is 0 Å². The number of cyclic esters (lactones) is 1. The number of ether oxygens (including phenoxy) is 1. The molecular formula is C13H18N4O4. The van der Waals surface area contributed by atoms with Crippen LogP contribution in [-0.4, -0.2) is 56.7 Å². The lowest BCUT2D eigenvalue weighted by Gasteiger charge is -2.19. The van der Waals surface area contributed by atoms with Gasteiger partial charge in [0.2, 0.25) is 5.91 Å². The van der Waals surface area contributed by atoms with E-state index in [4.69, 9.17) is 4.74 Å². The SMILES string of the molecule is CN(Cc1cnn(C)c1)C(=O)CN1C(=O)OC(C)(C)C1=O. The van der Waals surface area contributed by atoms with Gasteiger partial charge < -0.3 is 9.64 Å². The monoisotopic (exact) mass is 294 g/mol. The topological polar surface area (TPSA) is 84.7 Å². The Morgan fingerprint density at radius 3 is 2.57 bits per heavy atom. The molecular weight excluding hydrogens is 276 g/mol. The van der Waals surface area contributed by atoms with Crippen molar-refractivity contribution >= 4 is 17.9 Å². The molecule has 1 aliphatic heterocycles. The standard InChI is InChI=1S/C13H18N4O4/c1-13(2)11(19)17(12(20)21-13)8-10(18)15(3)6-9-5-14-16(4)7-9/h5,7H,6,8H2,1-4H3. The average Bonchev–Trinajstić information content (AvgIpc) is 2.86. The number of amides is 3. The third-order valence-electron chi connectivity index (χ3n) is 3.22. The van der Waals surface area contributed by atoms with Gasteiger partial charge in [0.15, 0.2) is 5.60 Å². The minimum Gasteiger partial charge on any atom is -0.433 e. The van der Waals surface area contributed by atoms with E-state index in [1.165, 1.54) is 18.7 Å². The molecule has 21 heavy (non-hydrogen) atoms. The van der Waals surface area contributed by atoms with Crippen LogP contribution in [0.1, 0.15) is 19.4 Å². The molecule has 0 saturated carbocycles. The first kappa shape index (κ1) is 15.0. The highest BCUT2D eigenvalue weighted by atomic mass is 16.6. The summed E-state index contributed by atoms with van der Waals surface area (Å²) >= 11 is 0. The fourth-order valence-electron chi connectivity index (χ4n) is 2.03. The van der Waals surface area contributed by atoms with E-state index in [2.05, 4.69) is 5.10 Å². The molecule has 1 aromatic heterocycles. The Hall–Kier alpha value is -2.38. The fourth-order valence-corrected chi connectivity index (χ4v) is 2.03. The quantitative estimate of drug-likeness (QED) is 0.788. The number of imide groups is 1. The van der Waals surface area contributed by atoms with E-state index in [-0.39, 0.29) is 12.5 Å². The summed E-state index contributed by atoms with van der Waals surface area (Å²) in [7, 11) is 3.39. The van der Waals surface area contributed by atoms with Crippen LogP contribution in [0.3, 0.4) is 0 Å². The van der Waals surface area contributed by atoms with Crippen molar-refractivity contribution in [2.45, 2.75) is 26.0 Å². The Morgan fingerprint density at radius 1 is 1.43 bits per heavy atom. The number of carbonyl (C=O) groups is 3. The van der Waals surface area contributed by atoms with Gasteiger partial charge in [-0.1, -0.05) is 0 Å². The molecule has 114 valence electrons. The molecule has 0 aliphatic carbocycles. The zero-order valence-corrected chi connectivity index (χ0v) is 12.5. The minimum absolute atomic E-state index is 0.322. The fraction of sp³-hybridized carbons (Fsp3) is 0.538. The summed E-state index contributed by atoms with van der Waals surface area (Å²) in [4.78, 5) is 38.0. The largest absolute Gasteiger partial charge is 0.433 e. The summed E-state index contributed by atoms with van der Waals surface area (Å²) in [5, 5.41) is 4.02. The molecule has 0 spiro atoms. The van der Waals surface area contributed by atoms with Gasteiger partial charge in [0, 0.05) is 32.4 Å². The van der Waals surface area contributed by atoms with Crippen molar-refractivity contribution < 1.29 is 19.1 Å². The number of aryl methyl sites for hydroxylation is 1. The predicted octanol–water partition coefficient (Wildman–Crippen LogP) is 0.136. The van der Waals surface area contributed by atoms with Gasteiger partial charge in [-0.05, 0) is 13.8 Å². The lowest BCUT2D eigenvalue weighted by Crippen LogP contribution is -2.43. The minimum atomic E-state index is -1.21. The molecule has 1 aromatic rings. The van der Waals surface area contributed by atoms with Crippen molar-refractivity contribution in [3.05, 3.63) is 18.0 Å². The van der Waals surface area contributed by atoms with E-state index in [0.717, 1.165) is 10.5 Å². The van der Waals surface area contributed by atoms with E-state index in [1.54, 1.807) is 31.2 Å². The lowest BCUT2D eigenvalue weighted by atomic mass is 10.1. The maximum atomic E-state index is 12.1. The van der Waals surface area contributed by atoms with E-state index in [9.17, 15) is 14.4 Å². The molecule has 0 N–H and O–H groups in total. The van der Waals surface area contributed by atoms with Crippen LogP contribution in [0.2, 0.25) is 0 Å². The molecule has 8 heteroatoms. The lowest BCUT2D eigenvalue weighted by molar-refractivity contribution is -0.139. The van der Waals surface area contributed by atoms with Crippen LogP contribution in [0.4, 0.5) is 4.79 Å². The van der Waals surface area contributed by atoms with Crippen LogP contribution in [0.15, 0.2) is 12.4 Å². The van der Waals surface area contributed by atoms with Crippen LogP contribution in [0, 0.1) is 0 Å². The maximum absolute atomic E-state index is 12.1. The third kappa shape index (κ3) is 3.04. The molecule has 3 amide bonds. The maximum Gasteiger partial charge on any atom is 0.418 e. The van der Waals surface area contributed by atoms with Gasteiger partial charge in [0.25, 0.3) is 5.91 Å². The second kappa shape index (κ2) is 5.19. The van der Waals surface area contributed by atoms with Gasteiger partial charge in [-0.3, -0.25) is 14.3 Å². The Kier molecular flexibility index (Phi) is 3.71. The van der Waals surface area contributed by atoms with Gasteiger partial charge in [-0.2, -0.15) is 5.10 Å². The summed E-state index contributed by atoms with van der Waals surface area (Å²) < 4.78 is 6.57. The van der Waals surface area contributed by atoms with E-state index in [0.29, 0.717) is 6.54 Å². The van der Waals surface area contributed by atoms with Crippen molar-refractivity contribution in [2.24, 2.45) is 7.05 Å². The van der Waals surface area contributed by atoms with Gasteiger partial charge in [0.1, 0.15) is 6.54 Å². The first-order valence-corrected chi connectivity index (χ1v) is 6.47. The van der Waals surface area contributed by atoms with Gasteiger partial charge >= 0.3 is 6.09 Å². The molecule has 2 rings (SSSR count). The summed E-state index contributed by atoms with van der Waals surface area (Å²) in [6.45, 7) is 3.03. The zero-order valence-electron chi connectivity index (χ0n) is 12.5. The van der Waals surface area contributed by atoms with Crippen LogP contribution in [0.5, 0.6) is 0 Å². The molecule has 2 heterocycles. The number of nitrogens with zero attached hydrogens (tertiary/aromatic N) is 4. The van der Waals surface area contributed by atoms with Crippen LogP contribution in [0.25, 0.3) is 0 Å². The van der Waals surface area contributed by atoms with Crippen molar-refractivity contribution in [3.63, 3.8) is 0 Å². The van der Waals surface area contributed by atoms with Gasteiger partial charge in [-0.15, -0.1) is 0 Å². The Labute approximate surface area is 122 Å². The normalized spacial score (nSPS) is 17.0. The molecule has 0 bridgehead atoms. The molecule has 1 aliphatic rings. The number of hydrogen-bond donors (Lipinski definition) is 0. The summed E-state index contributed by atoms with van der Waals surface area (Å²) in [6.07, 6.45) is 2.66.